The first-order valence-corrected chi connectivity index (χ1v) is 7.42. The summed E-state index contributed by atoms with van der Waals surface area (Å²) in [7, 11) is 0. The van der Waals surface area contributed by atoms with Gasteiger partial charge in [-0.1, -0.05) is 49.5 Å². The molecule has 0 N–H and O–H groups in total. The second-order valence-electron chi connectivity index (χ2n) is 5.69. The van der Waals surface area contributed by atoms with Crippen molar-refractivity contribution in [3.8, 4) is 0 Å². The van der Waals surface area contributed by atoms with Gasteiger partial charge in [-0.25, -0.2) is 0 Å². The van der Waals surface area contributed by atoms with E-state index in [1.54, 1.807) is 5.57 Å². The Kier molecular flexibility index (Phi) is 5.31. The third-order valence-corrected chi connectivity index (χ3v) is 4.24. The smallest absolute Gasteiger partial charge is 0.00500 e. The van der Waals surface area contributed by atoms with Crippen molar-refractivity contribution in [3.63, 3.8) is 0 Å². The second-order valence-corrected chi connectivity index (χ2v) is 5.69. The van der Waals surface area contributed by atoms with E-state index in [9.17, 15) is 0 Å². The van der Waals surface area contributed by atoms with Gasteiger partial charge in [-0.05, 0) is 45.2 Å². The summed E-state index contributed by atoms with van der Waals surface area (Å²) in [5, 5.41) is 0. The molecule has 0 bridgehead atoms. The van der Waals surface area contributed by atoms with Gasteiger partial charge in [-0.2, -0.15) is 0 Å². The molecular weight excluding hydrogens is 206 g/mol. The summed E-state index contributed by atoms with van der Waals surface area (Å²) < 4.78 is 0. The standard InChI is InChI=1S/C16H27N/c1-15-10-6-7-11-16(15)14-17-12-8-4-2-3-5-9-13-17/h6-7,10,16H,2-5,8-9,11-14H2,1H3. The largest absolute Gasteiger partial charge is 0.303 e. The quantitative estimate of drug-likeness (QED) is 0.692. The van der Waals surface area contributed by atoms with Crippen LogP contribution in [0.4, 0.5) is 0 Å². The van der Waals surface area contributed by atoms with Crippen molar-refractivity contribution in [2.75, 3.05) is 19.6 Å². The van der Waals surface area contributed by atoms with Crippen LogP contribution in [0.25, 0.3) is 0 Å². The maximum atomic E-state index is 2.71. The molecule has 1 aliphatic heterocycles. The first-order chi connectivity index (χ1) is 8.36. The monoisotopic (exact) mass is 233 g/mol. The molecule has 1 heterocycles. The highest BCUT2D eigenvalue weighted by Crippen LogP contribution is 2.22. The molecule has 1 nitrogen and oxygen atoms in total. The molecule has 1 heteroatoms. The van der Waals surface area contributed by atoms with Gasteiger partial charge in [0.2, 0.25) is 0 Å². The maximum absolute atomic E-state index is 2.71. The molecule has 0 amide bonds. The van der Waals surface area contributed by atoms with Crippen molar-refractivity contribution in [3.05, 3.63) is 23.8 Å². The van der Waals surface area contributed by atoms with Crippen LogP contribution in [0.15, 0.2) is 23.8 Å². The molecule has 1 saturated heterocycles. The molecular formula is C16H27N. The number of rotatable bonds is 2. The molecule has 0 spiro atoms. The zero-order valence-electron chi connectivity index (χ0n) is 11.3. The van der Waals surface area contributed by atoms with Crippen molar-refractivity contribution in [1.29, 1.82) is 0 Å². The van der Waals surface area contributed by atoms with Gasteiger partial charge >= 0.3 is 0 Å². The highest BCUT2D eigenvalue weighted by molar-refractivity contribution is 5.19. The van der Waals surface area contributed by atoms with Crippen LogP contribution in [0, 0.1) is 5.92 Å². The van der Waals surface area contributed by atoms with Crippen LogP contribution in [0.5, 0.6) is 0 Å². The summed E-state index contributed by atoms with van der Waals surface area (Å²) in [6.45, 7) is 6.23. The summed E-state index contributed by atoms with van der Waals surface area (Å²) in [5.41, 5.74) is 1.58. The lowest BCUT2D eigenvalue weighted by Gasteiger charge is -2.28. The van der Waals surface area contributed by atoms with Crippen LogP contribution in [0.2, 0.25) is 0 Å². The van der Waals surface area contributed by atoms with E-state index in [1.807, 2.05) is 0 Å². The molecule has 0 saturated carbocycles. The fourth-order valence-corrected chi connectivity index (χ4v) is 2.99. The van der Waals surface area contributed by atoms with Crippen molar-refractivity contribution in [2.24, 2.45) is 5.92 Å². The molecule has 1 atom stereocenters. The Balaban J connectivity index is 1.83. The van der Waals surface area contributed by atoms with E-state index < -0.39 is 0 Å². The molecule has 1 aliphatic carbocycles. The lowest BCUT2D eigenvalue weighted by molar-refractivity contribution is 0.239. The van der Waals surface area contributed by atoms with Gasteiger partial charge in [0, 0.05) is 6.54 Å². The van der Waals surface area contributed by atoms with Crippen molar-refractivity contribution in [2.45, 2.75) is 51.9 Å². The first kappa shape index (κ1) is 12.9. The Morgan fingerprint density at radius 1 is 1.06 bits per heavy atom. The molecule has 0 aromatic rings. The summed E-state index contributed by atoms with van der Waals surface area (Å²) in [6, 6.07) is 0. The van der Waals surface area contributed by atoms with Crippen molar-refractivity contribution < 1.29 is 0 Å². The number of nitrogens with zero attached hydrogens (tertiary/aromatic N) is 1. The molecule has 96 valence electrons. The predicted molar refractivity (Wildman–Crippen MR) is 75.1 cm³/mol. The molecule has 17 heavy (non-hydrogen) atoms. The van der Waals surface area contributed by atoms with Crippen LogP contribution >= 0.6 is 0 Å². The topological polar surface area (TPSA) is 3.24 Å². The summed E-state index contributed by atoms with van der Waals surface area (Å²) in [4.78, 5) is 2.71. The minimum atomic E-state index is 0.778. The van der Waals surface area contributed by atoms with Crippen LogP contribution in [-0.2, 0) is 0 Å². The average Bonchev–Trinajstić information content (AvgIpc) is 2.46. The normalized spacial score (nSPS) is 28.1. The minimum absolute atomic E-state index is 0.778. The van der Waals surface area contributed by atoms with E-state index in [4.69, 9.17) is 0 Å². The van der Waals surface area contributed by atoms with Gasteiger partial charge in [0.1, 0.15) is 0 Å². The van der Waals surface area contributed by atoms with Crippen LogP contribution in [0.3, 0.4) is 0 Å². The summed E-state index contributed by atoms with van der Waals surface area (Å²) in [5.74, 6) is 0.778. The van der Waals surface area contributed by atoms with E-state index in [0.29, 0.717) is 0 Å². The molecule has 1 unspecified atom stereocenters. The summed E-state index contributed by atoms with van der Waals surface area (Å²) in [6.07, 6.45) is 16.7. The van der Waals surface area contributed by atoms with Gasteiger partial charge < -0.3 is 4.90 Å². The Morgan fingerprint density at radius 3 is 2.35 bits per heavy atom. The SMILES string of the molecule is CC1=CC=CCC1CN1CCCCCCCC1. The lowest BCUT2D eigenvalue weighted by atomic mass is 9.92. The second kappa shape index (κ2) is 7.00. The highest BCUT2D eigenvalue weighted by atomic mass is 15.1. The molecule has 0 radical (unpaired) electrons. The van der Waals surface area contributed by atoms with Crippen LogP contribution < -0.4 is 0 Å². The number of hydrogen-bond donors (Lipinski definition) is 0. The first-order valence-electron chi connectivity index (χ1n) is 7.42. The van der Waals surface area contributed by atoms with E-state index >= 15 is 0 Å². The van der Waals surface area contributed by atoms with Gasteiger partial charge in [-0.15, -0.1) is 0 Å². The van der Waals surface area contributed by atoms with Crippen molar-refractivity contribution in [1.82, 2.24) is 4.90 Å². The zero-order chi connectivity index (χ0) is 11.9. The zero-order valence-corrected chi connectivity index (χ0v) is 11.3. The minimum Gasteiger partial charge on any atom is -0.303 e. The molecule has 2 aliphatic rings. The summed E-state index contributed by atoms with van der Waals surface area (Å²) >= 11 is 0. The highest BCUT2D eigenvalue weighted by Gasteiger charge is 2.16. The maximum Gasteiger partial charge on any atom is 0.00500 e. The Hall–Kier alpha value is -0.560. The lowest BCUT2D eigenvalue weighted by Crippen LogP contribution is -2.32. The average molecular weight is 233 g/mol. The fraction of sp³-hybridized carbons (Fsp3) is 0.750. The molecule has 1 fully saturated rings. The van der Waals surface area contributed by atoms with Gasteiger partial charge in [0.25, 0.3) is 0 Å². The van der Waals surface area contributed by atoms with E-state index in [1.165, 1.54) is 64.6 Å². The molecule has 2 rings (SSSR count). The van der Waals surface area contributed by atoms with Crippen LogP contribution in [-0.4, -0.2) is 24.5 Å². The van der Waals surface area contributed by atoms with E-state index in [2.05, 4.69) is 30.1 Å². The van der Waals surface area contributed by atoms with Crippen LogP contribution in [0.1, 0.15) is 51.9 Å². The third-order valence-electron chi connectivity index (χ3n) is 4.24. The predicted octanol–water partition coefficient (Wildman–Crippen LogP) is 4.17. The molecule has 0 aromatic heterocycles. The fourth-order valence-electron chi connectivity index (χ4n) is 2.99. The van der Waals surface area contributed by atoms with Gasteiger partial charge in [-0.3, -0.25) is 0 Å². The Labute approximate surface area is 107 Å². The Bertz CT molecular complexity index is 267. The third kappa shape index (κ3) is 4.31. The van der Waals surface area contributed by atoms with Gasteiger partial charge in [0.15, 0.2) is 0 Å². The van der Waals surface area contributed by atoms with Gasteiger partial charge in [0.05, 0.1) is 0 Å². The van der Waals surface area contributed by atoms with E-state index in [-0.39, 0.29) is 0 Å². The number of allylic oxidation sites excluding steroid dienone is 3. The molecule has 0 aromatic carbocycles. The van der Waals surface area contributed by atoms with E-state index in [0.717, 1.165) is 5.92 Å². The number of hydrogen-bond acceptors (Lipinski definition) is 1. The Morgan fingerprint density at radius 2 is 1.71 bits per heavy atom. The van der Waals surface area contributed by atoms with Crippen molar-refractivity contribution >= 4 is 0 Å².